The number of esters is 2. The molecule has 0 radical (unpaired) electrons. The van der Waals surface area contributed by atoms with Crippen LogP contribution in [0.15, 0.2) is 97.2 Å². The Balaban J connectivity index is 2.49. The van der Waals surface area contributed by atoms with E-state index in [1.54, 1.807) is 6.92 Å². The molecule has 0 aliphatic heterocycles. The number of phosphoric ester groups is 1. The van der Waals surface area contributed by atoms with Crippen LogP contribution in [0.5, 0.6) is 0 Å². The molecule has 0 spiro atoms. The predicted molar refractivity (Wildman–Crippen MR) is 259 cm³/mol. The molecule has 1 aliphatic carbocycles. The minimum atomic E-state index is -5.15. The fraction of sp³-hybridized carbons (Fsp3) is 0.647. The first-order valence-electron chi connectivity index (χ1n) is 24.1. The average Bonchev–Trinajstić information content (AvgIpc) is 3.29. The third kappa shape index (κ3) is 32.4. The van der Waals surface area contributed by atoms with Gasteiger partial charge >= 0.3 is 19.8 Å². The molecule has 1 fully saturated rings. The molecule has 3 unspecified atom stereocenters. The molecule has 66 heavy (non-hydrogen) atoms. The molecule has 1 rings (SSSR count). The van der Waals surface area contributed by atoms with E-state index in [9.17, 15) is 49.7 Å². The highest BCUT2D eigenvalue weighted by molar-refractivity contribution is 7.47. The molecule has 1 saturated carbocycles. The van der Waals surface area contributed by atoms with Gasteiger partial charge in [-0.3, -0.25) is 18.6 Å². The van der Waals surface area contributed by atoms with Crippen LogP contribution in [0.1, 0.15) is 149 Å². The maximum absolute atomic E-state index is 12.8. The van der Waals surface area contributed by atoms with E-state index in [0.29, 0.717) is 19.3 Å². The maximum atomic E-state index is 12.8. The lowest BCUT2D eigenvalue weighted by Crippen LogP contribution is -2.64. The molecule has 0 amide bonds. The molecule has 15 heteroatoms. The van der Waals surface area contributed by atoms with Crippen molar-refractivity contribution in [1.29, 1.82) is 0 Å². The minimum absolute atomic E-state index is 0.000284. The van der Waals surface area contributed by atoms with Crippen molar-refractivity contribution in [2.45, 2.75) is 198 Å². The molecule has 376 valence electrons. The zero-order chi connectivity index (χ0) is 48.7. The number of ether oxygens (including phenoxy) is 2. The van der Waals surface area contributed by atoms with Crippen molar-refractivity contribution in [3.63, 3.8) is 0 Å². The zero-order valence-electron chi connectivity index (χ0n) is 39.6. The summed E-state index contributed by atoms with van der Waals surface area (Å²) < 4.78 is 33.5. The van der Waals surface area contributed by atoms with Crippen LogP contribution in [-0.4, -0.2) is 110 Å². The van der Waals surface area contributed by atoms with Crippen LogP contribution in [0.2, 0.25) is 0 Å². The summed E-state index contributed by atoms with van der Waals surface area (Å²) in [6.45, 7) is 2.67. The van der Waals surface area contributed by atoms with Gasteiger partial charge in [-0.05, 0) is 103 Å². The number of phosphoric acid groups is 1. The van der Waals surface area contributed by atoms with Crippen LogP contribution in [0.3, 0.4) is 0 Å². The van der Waals surface area contributed by atoms with E-state index in [4.69, 9.17) is 18.5 Å². The second kappa shape index (κ2) is 39.7. The number of rotatable bonds is 38. The third-order valence-electron chi connectivity index (χ3n) is 10.4. The molecule has 0 bridgehead atoms. The van der Waals surface area contributed by atoms with E-state index < -0.39 is 75.7 Å². The molecule has 9 atom stereocenters. The number of carbonyl (C=O) groups is 2. The summed E-state index contributed by atoms with van der Waals surface area (Å²) >= 11 is 0. The molecule has 0 heterocycles. The standard InChI is InChI=1S/C51H83O14P/c1-3-4-5-6-7-8-9-10-11-12-13-14-17-20-23-26-29-32-35-38-44(53)62-40-43(41-63-66(60,61)65-51-49(58)47(56)46(55)48(57)50(51)59)64-45(54)39-36-33-30-27-24-21-18-15-16-19-22-25-28-31-34-37-42(2)52/h4-5,7-8,10-11,13-14,16,18-19,21,25,27-28,30,42-43,46-52,55-59H,3,6,9,12,15,17,20,22-24,26,29,31-41H2,1-2H3,(H,60,61)/b5-4-,8-7-,11-10-,14-13-,19-16-,21-18-,28-25-,30-27-/t42-,43+,46?,47-,48+,49+,50+,51?/m0/s1. The lowest BCUT2D eigenvalue weighted by atomic mass is 9.85. The number of unbranched alkanes of at least 4 members (excludes halogenated alkanes) is 8. The Hall–Kier alpha value is -3.27. The molecule has 0 saturated heterocycles. The maximum Gasteiger partial charge on any atom is 0.472 e. The Kier molecular flexibility index (Phi) is 36.5. The van der Waals surface area contributed by atoms with E-state index in [-0.39, 0.29) is 18.9 Å². The van der Waals surface area contributed by atoms with E-state index in [1.807, 2.05) is 12.2 Å². The number of aliphatic hydroxyl groups is 6. The van der Waals surface area contributed by atoms with Crippen molar-refractivity contribution in [2.75, 3.05) is 13.2 Å². The van der Waals surface area contributed by atoms with Gasteiger partial charge in [0.15, 0.2) is 6.10 Å². The number of hydrogen-bond acceptors (Lipinski definition) is 13. The fourth-order valence-electron chi connectivity index (χ4n) is 6.58. The first kappa shape index (κ1) is 60.7. The number of aliphatic hydroxyl groups excluding tert-OH is 6. The summed E-state index contributed by atoms with van der Waals surface area (Å²) in [7, 11) is -5.15. The highest BCUT2D eigenvalue weighted by Gasteiger charge is 2.51. The van der Waals surface area contributed by atoms with Gasteiger partial charge in [-0.25, -0.2) is 4.57 Å². The highest BCUT2D eigenvalue weighted by atomic mass is 31.2. The average molecular weight is 951 g/mol. The Morgan fingerprint density at radius 3 is 1.44 bits per heavy atom. The minimum Gasteiger partial charge on any atom is -0.462 e. The van der Waals surface area contributed by atoms with Crippen molar-refractivity contribution in [1.82, 2.24) is 0 Å². The quantitative estimate of drug-likeness (QED) is 0.0133. The molecule has 0 aromatic carbocycles. The number of carbonyl (C=O) groups excluding carboxylic acids is 2. The largest absolute Gasteiger partial charge is 0.472 e. The summed E-state index contributed by atoms with van der Waals surface area (Å²) in [5.74, 6) is -1.21. The van der Waals surface area contributed by atoms with Gasteiger partial charge in [-0.15, -0.1) is 0 Å². The molecular formula is C51H83O14P. The van der Waals surface area contributed by atoms with Crippen molar-refractivity contribution in [3.8, 4) is 0 Å². The van der Waals surface area contributed by atoms with Gasteiger partial charge in [0.2, 0.25) is 0 Å². The van der Waals surface area contributed by atoms with Crippen LogP contribution < -0.4 is 0 Å². The molecule has 0 aromatic heterocycles. The van der Waals surface area contributed by atoms with E-state index in [2.05, 4.69) is 92.0 Å². The van der Waals surface area contributed by atoms with Crippen LogP contribution in [-0.2, 0) is 32.7 Å². The van der Waals surface area contributed by atoms with E-state index in [0.717, 1.165) is 103 Å². The van der Waals surface area contributed by atoms with Gasteiger partial charge in [0, 0.05) is 12.8 Å². The van der Waals surface area contributed by atoms with Gasteiger partial charge in [-0.2, -0.15) is 0 Å². The summed E-state index contributed by atoms with van der Waals surface area (Å²) in [4.78, 5) is 35.7. The summed E-state index contributed by atoms with van der Waals surface area (Å²) in [6, 6.07) is 0. The van der Waals surface area contributed by atoms with Crippen molar-refractivity contribution >= 4 is 19.8 Å². The van der Waals surface area contributed by atoms with Crippen LogP contribution in [0.25, 0.3) is 0 Å². The Morgan fingerprint density at radius 1 is 0.530 bits per heavy atom. The Bertz CT molecular complexity index is 1530. The van der Waals surface area contributed by atoms with Crippen molar-refractivity contribution in [3.05, 3.63) is 97.2 Å². The molecule has 1 aliphatic rings. The third-order valence-corrected chi connectivity index (χ3v) is 11.4. The zero-order valence-corrected chi connectivity index (χ0v) is 40.4. The van der Waals surface area contributed by atoms with Crippen LogP contribution in [0, 0.1) is 0 Å². The molecule has 0 aromatic rings. The van der Waals surface area contributed by atoms with Gasteiger partial charge in [0.1, 0.15) is 43.2 Å². The summed E-state index contributed by atoms with van der Waals surface area (Å²) in [6.07, 6.45) is 37.3. The van der Waals surface area contributed by atoms with E-state index >= 15 is 0 Å². The van der Waals surface area contributed by atoms with Crippen molar-refractivity contribution < 1.29 is 68.2 Å². The topological polar surface area (TPSA) is 230 Å². The lowest BCUT2D eigenvalue weighted by Gasteiger charge is -2.41. The van der Waals surface area contributed by atoms with E-state index in [1.165, 1.54) is 0 Å². The second-order valence-electron chi connectivity index (χ2n) is 16.5. The monoisotopic (exact) mass is 951 g/mol. The van der Waals surface area contributed by atoms with Gasteiger partial charge in [0.25, 0.3) is 0 Å². The predicted octanol–water partition coefficient (Wildman–Crippen LogP) is 8.80. The van der Waals surface area contributed by atoms with Crippen LogP contribution >= 0.6 is 7.82 Å². The van der Waals surface area contributed by atoms with Crippen molar-refractivity contribution in [2.24, 2.45) is 0 Å². The first-order chi connectivity index (χ1) is 31.8. The molecule has 7 N–H and O–H groups in total. The lowest BCUT2D eigenvalue weighted by molar-refractivity contribution is -0.220. The Labute approximate surface area is 394 Å². The van der Waals surface area contributed by atoms with Crippen LogP contribution in [0.4, 0.5) is 0 Å². The smallest absolute Gasteiger partial charge is 0.462 e. The summed E-state index contributed by atoms with van der Waals surface area (Å²) in [5, 5.41) is 59.5. The first-order valence-corrected chi connectivity index (χ1v) is 25.6. The van der Waals surface area contributed by atoms with Gasteiger partial charge in [0.05, 0.1) is 12.7 Å². The van der Waals surface area contributed by atoms with Gasteiger partial charge in [-0.1, -0.05) is 130 Å². The number of allylic oxidation sites excluding steroid dienone is 16. The highest BCUT2D eigenvalue weighted by Crippen LogP contribution is 2.47. The molecular weight excluding hydrogens is 868 g/mol. The number of hydrogen-bond donors (Lipinski definition) is 7. The Morgan fingerprint density at radius 2 is 0.939 bits per heavy atom. The SMILES string of the molecule is CC/C=C\C/C=C\C/C=C\C/C=C\CCCCCCCCC(=O)OC[C@H](COP(=O)(O)OC1[C@H](O)[C@H](O)C(O)[C@H](O)[C@H]1O)OC(=O)CCC/C=C\C/C=C\C/C=C\C/C=C\CCC[C@H](C)O. The summed E-state index contributed by atoms with van der Waals surface area (Å²) in [5.41, 5.74) is 0. The fourth-order valence-corrected chi connectivity index (χ4v) is 7.55. The second-order valence-corrected chi connectivity index (χ2v) is 17.9. The molecule has 14 nitrogen and oxygen atoms in total. The normalized spacial score (nSPS) is 22.6. The van der Waals surface area contributed by atoms with Gasteiger partial charge < -0.3 is 45.0 Å².